The molecule has 1 aliphatic rings. The molecule has 2 rings (SSSR count). The Labute approximate surface area is 137 Å². The number of carbonyl (C=O) groups is 1. The monoisotopic (exact) mass is 322 g/mol. The molecule has 0 saturated carbocycles. The first kappa shape index (κ1) is 17.7. The minimum Gasteiger partial charge on any atom is -0.475 e. The molecule has 6 nitrogen and oxygen atoms in total. The number of hydrogen-bond donors (Lipinski definition) is 1. The van der Waals surface area contributed by atoms with Crippen molar-refractivity contribution < 1.29 is 19.0 Å². The molecule has 1 fully saturated rings. The lowest BCUT2D eigenvalue weighted by Gasteiger charge is -2.17. The van der Waals surface area contributed by atoms with Gasteiger partial charge in [-0.25, -0.2) is 4.98 Å². The zero-order chi connectivity index (χ0) is 16.7. The van der Waals surface area contributed by atoms with E-state index in [9.17, 15) is 4.79 Å². The molecular weight excluding hydrogens is 296 g/mol. The van der Waals surface area contributed by atoms with Crippen LogP contribution in [0.25, 0.3) is 0 Å². The fourth-order valence-electron chi connectivity index (χ4n) is 2.32. The second-order valence-corrected chi connectivity index (χ2v) is 5.96. The van der Waals surface area contributed by atoms with Crippen LogP contribution in [-0.4, -0.2) is 42.4 Å². The van der Waals surface area contributed by atoms with Crippen LogP contribution in [0.3, 0.4) is 0 Å². The summed E-state index contributed by atoms with van der Waals surface area (Å²) in [5.74, 6) is 0.401. The minimum absolute atomic E-state index is 0.0352. The fourth-order valence-corrected chi connectivity index (χ4v) is 2.32. The van der Waals surface area contributed by atoms with Crippen LogP contribution >= 0.6 is 0 Å². The van der Waals surface area contributed by atoms with Gasteiger partial charge >= 0.3 is 0 Å². The number of hydrogen-bond acceptors (Lipinski definition) is 5. The van der Waals surface area contributed by atoms with E-state index in [-0.39, 0.29) is 18.1 Å². The van der Waals surface area contributed by atoms with Crippen LogP contribution in [0.15, 0.2) is 18.3 Å². The van der Waals surface area contributed by atoms with Crippen molar-refractivity contribution in [2.24, 2.45) is 0 Å². The molecule has 1 amide bonds. The lowest BCUT2D eigenvalue weighted by atomic mass is 10.2. The molecule has 0 radical (unpaired) electrons. The van der Waals surface area contributed by atoms with Crippen LogP contribution in [-0.2, 0) is 20.8 Å². The second kappa shape index (κ2) is 8.84. The highest BCUT2D eigenvalue weighted by atomic mass is 16.5. The number of nitrogens with one attached hydrogen (secondary N) is 1. The zero-order valence-corrected chi connectivity index (χ0v) is 14.1. The average molecular weight is 322 g/mol. The van der Waals surface area contributed by atoms with Crippen molar-refractivity contribution in [3.05, 3.63) is 23.9 Å². The van der Waals surface area contributed by atoms with E-state index in [1.807, 2.05) is 26.0 Å². The van der Waals surface area contributed by atoms with Crippen LogP contribution < -0.4 is 10.1 Å². The first-order valence-electron chi connectivity index (χ1n) is 8.17. The Morgan fingerprint density at radius 3 is 3.00 bits per heavy atom. The molecule has 2 heterocycles. The van der Waals surface area contributed by atoms with E-state index in [1.54, 1.807) is 13.1 Å². The van der Waals surface area contributed by atoms with Crippen molar-refractivity contribution >= 4 is 5.91 Å². The van der Waals surface area contributed by atoms with Crippen molar-refractivity contribution in [3.63, 3.8) is 0 Å². The molecule has 1 aromatic rings. The summed E-state index contributed by atoms with van der Waals surface area (Å²) in [5.41, 5.74) is 0.848. The molecular formula is C17H26N2O4. The van der Waals surface area contributed by atoms with Gasteiger partial charge in [-0.1, -0.05) is 6.07 Å². The van der Waals surface area contributed by atoms with Gasteiger partial charge < -0.3 is 19.5 Å². The Balaban J connectivity index is 1.79. The molecule has 0 bridgehead atoms. The van der Waals surface area contributed by atoms with Gasteiger partial charge in [-0.15, -0.1) is 0 Å². The highest BCUT2D eigenvalue weighted by molar-refractivity contribution is 5.80. The highest BCUT2D eigenvalue weighted by Crippen LogP contribution is 2.16. The number of pyridine rings is 1. The highest BCUT2D eigenvalue weighted by Gasteiger charge is 2.20. The lowest BCUT2D eigenvalue weighted by Crippen LogP contribution is -2.35. The summed E-state index contributed by atoms with van der Waals surface area (Å²) < 4.78 is 16.7. The molecule has 1 aromatic heterocycles. The van der Waals surface area contributed by atoms with Crippen molar-refractivity contribution in [2.75, 3.05) is 13.2 Å². The van der Waals surface area contributed by atoms with Gasteiger partial charge in [0.25, 0.3) is 0 Å². The Morgan fingerprint density at radius 2 is 2.30 bits per heavy atom. The normalized spacial score (nSPS) is 18.9. The number of rotatable bonds is 8. The molecule has 1 aliphatic heterocycles. The van der Waals surface area contributed by atoms with Gasteiger partial charge in [0, 0.05) is 24.9 Å². The van der Waals surface area contributed by atoms with E-state index in [0.29, 0.717) is 19.0 Å². The van der Waals surface area contributed by atoms with Gasteiger partial charge in [-0.2, -0.15) is 0 Å². The molecule has 128 valence electrons. The SMILES string of the molecule is CC(C)Oc1ncccc1CNC(=O)[C@H](C)OC[C@@H]1CCCO1. The summed E-state index contributed by atoms with van der Waals surface area (Å²) in [5, 5.41) is 2.86. The van der Waals surface area contributed by atoms with Gasteiger partial charge in [0.05, 0.1) is 18.8 Å². The van der Waals surface area contributed by atoms with Gasteiger partial charge in [0.1, 0.15) is 6.10 Å². The van der Waals surface area contributed by atoms with E-state index < -0.39 is 6.10 Å². The maximum absolute atomic E-state index is 12.1. The van der Waals surface area contributed by atoms with Gasteiger partial charge in [0.15, 0.2) is 0 Å². The Morgan fingerprint density at radius 1 is 1.48 bits per heavy atom. The predicted molar refractivity (Wildman–Crippen MR) is 86.2 cm³/mol. The standard InChI is InChI=1S/C17H26N2O4/c1-12(2)23-17-14(6-4-8-18-17)10-19-16(20)13(3)22-11-15-7-5-9-21-15/h4,6,8,12-13,15H,5,7,9-11H2,1-3H3,(H,19,20)/t13-,15-/m0/s1. The molecule has 0 spiro atoms. The van der Waals surface area contributed by atoms with E-state index in [4.69, 9.17) is 14.2 Å². The van der Waals surface area contributed by atoms with Crippen LogP contribution in [0.5, 0.6) is 5.88 Å². The quantitative estimate of drug-likeness (QED) is 0.793. The van der Waals surface area contributed by atoms with E-state index in [1.165, 1.54) is 0 Å². The summed E-state index contributed by atoms with van der Waals surface area (Å²) in [6.07, 6.45) is 3.39. The fraction of sp³-hybridized carbons (Fsp3) is 0.647. The third-order valence-electron chi connectivity index (χ3n) is 3.58. The van der Waals surface area contributed by atoms with Gasteiger partial charge in [-0.3, -0.25) is 4.79 Å². The van der Waals surface area contributed by atoms with Crippen LogP contribution in [0.2, 0.25) is 0 Å². The van der Waals surface area contributed by atoms with E-state index >= 15 is 0 Å². The number of carbonyl (C=O) groups excluding carboxylic acids is 1. The molecule has 6 heteroatoms. The average Bonchev–Trinajstić information content (AvgIpc) is 3.04. The Hall–Kier alpha value is -1.66. The lowest BCUT2D eigenvalue weighted by molar-refractivity contribution is -0.133. The van der Waals surface area contributed by atoms with Crippen LogP contribution in [0.1, 0.15) is 39.2 Å². The topological polar surface area (TPSA) is 69.7 Å². The first-order valence-corrected chi connectivity index (χ1v) is 8.17. The summed E-state index contributed by atoms with van der Waals surface area (Å²) in [4.78, 5) is 16.3. The van der Waals surface area contributed by atoms with Crippen molar-refractivity contribution in [1.29, 1.82) is 0 Å². The summed E-state index contributed by atoms with van der Waals surface area (Å²) in [6.45, 7) is 7.24. The number of aromatic nitrogens is 1. The number of ether oxygens (including phenoxy) is 3. The molecule has 0 aromatic carbocycles. The minimum atomic E-state index is -0.509. The predicted octanol–water partition coefficient (Wildman–Crippen LogP) is 2.07. The maximum atomic E-state index is 12.1. The van der Waals surface area contributed by atoms with Crippen molar-refractivity contribution in [1.82, 2.24) is 10.3 Å². The molecule has 1 N–H and O–H groups in total. The molecule has 1 saturated heterocycles. The second-order valence-electron chi connectivity index (χ2n) is 5.96. The Bertz CT molecular complexity index is 501. The van der Waals surface area contributed by atoms with Gasteiger partial charge in [-0.05, 0) is 39.7 Å². The van der Waals surface area contributed by atoms with E-state index in [2.05, 4.69) is 10.3 Å². The molecule has 2 atom stereocenters. The van der Waals surface area contributed by atoms with Gasteiger partial charge in [0.2, 0.25) is 11.8 Å². The van der Waals surface area contributed by atoms with Crippen molar-refractivity contribution in [3.8, 4) is 5.88 Å². The van der Waals surface area contributed by atoms with Crippen molar-refractivity contribution in [2.45, 2.75) is 58.5 Å². The zero-order valence-electron chi connectivity index (χ0n) is 14.1. The smallest absolute Gasteiger partial charge is 0.249 e. The molecule has 23 heavy (non-hydrogen) atoms. The third kappa shape index (κ3) is 5.80. The molecule has 0 unspecified atom stereocenters. The van der Waals surface area contributed by atoms with Crippen LogP contribution in [0, 0.1) is 0 Å². The largest absolute Gasteiger partial charge is 0.475 e. The van der Waals surface area contributed by atoms with E-state index in [0.717, 1.165) is 25.0 Å². The number of nitrogens with zero attached hydrogens (tertiary/aromatic N) is 1. The first-order chi connectivity index (χ1) is 11.1. The number of amides is 1. The molecule has 0 aliphatic carbocycles. The maximum Gasteiger partial charge on any atom is 0.249 e. The third-order valence-corrected chi connectivity index (χ3v) is 3.58. The summed E-state index contributed by atoms with van der Waals surface area (Å²) in [6, 6.07) is 3.72. The summed E-state index contributed by atoms with van der Waals surface area (Å²) in [7, 11) is 0. The summed E-state index contributed by atoms with van der Waals surface area (Å²) >= 11 is 0. The Kier molecular flexibility index (Phi) is 6.80. The van der Waals surface area contributed by atoms with Crippen LogP contribution in [0.4, 0.5) is 0 Å².